The van der Waals surface area contributed by atoms with Crippen LogP contribution in [0.1, 0.15) is 16.7 Å². The first-order valence-electron chi connectivity index (χ1n) is 24.8. The summed E-state index contributed by atoms with van der Waals surface area (Å²) in [4.78, 5) is 28.1. The Bertz CT molecular complexity index is 4170. The van der Waals surface area contributed by atoms with Gasteiger partial charge in [-0.25, -0.2) is 29.6 Å². The molecule has 0 saturated heterocycles. The molecule has 3 heterocycles. The van der Waals surface area contributed by atoms with Crippen molar-refractivity contribution in [3.63, 3.8) is 0 Å². The molecule has 0 bridgehead atoms. The Balaban J connectivity index is 1.29. The molecule has 12 aromatic rings. The second-order valence-electron chi connectivity index (χ2n) is 18.5. The van der Waals surface area contributed by atoms with Gasteiger partial charge < -0.3 is 4.57 Å². The molecule has 9 nitrogen and oxygen atoms in total. The minimum Gasteiger partial charge on any atom is -0.308 e. The zero-order valence-electron chi connectivity index (χ0n) is 41.4. The van der Waals surface area contributed by atoms with Crippen molar-refractivity contribution in [2.75, 3.05) is 0 Å². The molecule has 12 rings (SSSR count). The SMILES string of the molecule is [C-]#[N+]c1ccc(-c2ccc3c4ccc(-c5ccc(C#N)cc5[N+]#[C-])cc4n(-c4c(-c5nc(-c6ccccc6)cc(-c6ccccc6)n5)cc(C(F)(F)F)cc4-c4nc(-c5ccccc5)cc(-c5ccccc5)n4)c3c2)c(C#N)c1. The minimum absolute atomic E-state index is 0.0105. The smallest absolute Gasteiger partial charge is 0.308 e. The van der Waals surface area contributed by atoms with Crippen molar-refractivity contribution in [2.24, 2.45) is 0 Å². The van der Waals surface area contributed by atoms with E-state index < -0.39 is 11.7 Å². The Labute approximate surface area is 451 Å². The molecule has 0 N–H and O–H groups in total. The van der Waals surface area contributed by atoms with Crippen LogP contribution in [0, 0.1) is 35.8 Å². The van der Waals surface area contributed by atoms with Crippen molar-refractivity contribution < 1.29 is 13.2 Å². The number of nitrogens with zero attached hydrogens (tertiary/aromatic N) is 9. The maximum absolute atomic E-state index is 16.1. The maximum atomic E-state index is 16.1. The number of halogens is 3. The summed E-state index contributed by atoms with van der Waals surface area (Å²) < 4.78 is 50.2. The number of benzene rings is 9. The molecule has 0 fully saturated rings. The Morgan fingerprint density at radius 3 is 1.27 bits per heavy atom. The molecule has 12 heteroatoms. The van der Waals surface area contributed by atoms with E-state index in [4.69, 9.17) is 33.1 Å². The van der Waals surface area contributed by atoms with E-state index in [0.717, 1.165) is 12.1 Å². The predicted octanol–water partition coefficient (Wildman–Crippen LogP) is 17.6. The van der Waals surface area contributed by atoms with Gasteiger partial charge in [0.1, 0.15) is 0 Å². The average Bonchev–Trinajstić information content (AvgIpc) is 3.94. The molecule has 370 valence electrons. The quantitative estimate of drug-likeness (QED) is 0.133. The van der Waals surface area contributed by atoms with Gasteiger partial charge in [0.2, 0.25) is 0 Å². The zero-order valence-corrected chi connectivity index (χ0v) is 41.4. The molecular weight excluding hydrogens is 988 g/mol. The first kappa shape index (κ1) is 48.6. The number of hydrogen-bond donors (Lipinski definition) is 0. The molecule has 0 spiro atoms. The zero-order chi connectivity index (χ0) is 54.2. The van der Waals surface area contributed by atoms with Gasteiger partial charge in [-0.05, 0) is 76.9 Å². The molecule has 0 saturated carbocycles. The number of rotatable bonds is 9. The third-order valence-corrected chi connectivity index (χ3v) is 13.8. The average molecular weight is 1020 g/mol. The van der Waals surface area contributed by atoms with Crippen molar-refractivity contribution in [2.45, 2.75) is 6.18 Å². The van der Waals surface area contributed by atoms with Gasteiger partial charge in [0.15, 0.2) is 23.0 Å². The topological polar surface area (TPSA) is 113 Å². The fourth-order valence-corrected chi connectivity index (χ4v) is 10.0. The van der Waals surface area contributed by atoms with E-state index in [-0.39, 0.29) is 45.4 Å². The first-order valence-corrected chi connectivity index (χ1v) is 24.8. The lowest BCUT2D eigenvalue weighted by molar-refractivity contribution is -0.137. The summed E-state index contributed by atoms with van der Waals surface area (Å²) in [5.74, 6) is -0.0625. The highest BCUT2D eigenvalue weighted by molar-refractivity contribution is 6.12. The van der Waals surface area contributed by atoms with Crippen LogP contribution in [0.4, 0.5) is 24.5 Å². The fraction of sp³-hybridized carbons (Fsp3) is 0.0149. The van der Waals surface area contributed by atoms with E-state index in [1.165, 1.54) is 12.1 Å². The summed E-state index contributed by atoms with van der Waals surface area (Å²) in [5.41, 5.74) is 8.10. The summed E-state index contributed by atoms with van der Waals surface area (Å²) in [6, 6.07) is 68.7. The van der Waals surface area contributed by atoms with E-state index in [2.05, 4.69) is 21.8 Å². The number of nitriles is 2. The van der Waals surface area contributed by atoms with E-state index in [0.29, 0.717) is 94.7 Å². The van der Waals surface area contributed by atoms with Crippen LogP contribution in [0.3, 0.4) is 0 Å². The fourth-order valence-electron chi connectivity index (χ4n) is 10.0. The van der Waals surface area contributed by atoms with Crippen LogP contribution in [0.2, 0.25) is 0 Å². The van der Waals surface area contributed by atoms with Crippen LogP contribution in [0.5, 0.6) is 0 Å². The van der Waals surface area contributed by atoms with Crippen molar-refractivity contribution in [1.29, 1.82) is 10.5 Å². The predicted molar refractivity (Wildman–Crippen MR) is 302 cm³/mol. The van der Waals surface area contributed by atoms with Crippen molar-refractivity contribution >= 4 is 33.2 Å². The maximum Gasteiger partial charge on any atom is 0.416 e. The summed E-state index contributed by atoms with van der Waals surface area (Å²) in [6.07, 6.45) is -4.92. The van der Waals surface area contributed by atoms with E-state index in [1.54, 1.807) is 24.3 Å². The molecule has 0 aliphatic rings. The highest BCUT2D eigenvalue weighted by Gasteiger charge is 2.35. The lowest BCUT2D eigenvalue weighted by Gasteiger charge is -2.22. The monoisotopic (exact) mass is 1020 g/mol. The Hall–Kier alpha value is -11.3. The minimum atomic E-state index is -4.92. The van der Waals surface area contributed by atoms with E-state index in [1.807, 2.05) is 174 Å². The van der Waals surface area contributed by atoms with Gasteiger partial charge in [-0.2, -0.15) is 23.7 Å². The van der Waals surface area contributed by atoms with Crippen LogP contribution in [0.25, 0.3) is 127 Å². The third-order valence-electron chi connectivity index (χ3n) is 13.8. The van der Waals surface area contributed by atoms with Gasteiger partial charge in [0.25, 0.3) is 0 Å². The van der Waals surface area contributed by atoms with Crippen molar-refractivity contribution in [3.05, 3.63) is 258 Å². The number of hydrogen-bond acceptors (Lipinski definition) is 6. The van der Waals surface area contributed by atoms with Gasteiger partial charge in [-0.15, -0.1) is 0 Å². The standard InChI is InChI=1S/C67H36F3N9/c1-73-50-26-30-51(48(32-50)40-72)46-24-28-53-54-29-25-47(52-27-23-41(39-71)31-61(52)74-2)34-63(54)79(62(53)33-46)64-55(65-75-57(42-15-7-3-8-16-42)37-58(76-65)43-17-9-4-10-18-43)35-49(67(68,69)70)36-56(64)66-77-59(44-19-11-5-12-20-44)38-60(78-66)45-21-13-6-14-22-45/h3-38H. The summed E-state index contributed by atoms with van der Waals surface area (Å²) in [5, 5.41) is 21.7. The normalized spacial score (nSPS) is 11.2. The molecule has 79 heavy (non-hydrogen) atoms. The van der Waals surface area contributed by atoms with Crippen LogP contribution in [0.15, 0.2) is 218 Å². The molecule has 0 atom stereocenters. The lowest BCUT2D eigenvalue weighted by atomic mass is 9.97. The Morgan fingerprint density at radius 2 is 0.861 bits per heavy atom. The van der Waals surface area contributed by atoms with Crippen LogP contribution in [-0.2, 0) is 6.18 Å². The second-order valence-corrected chi connectivity index (χ2v) is 18.5. The number of fused-ring (bicyclic) bond motifs is 3. The van der Waals surface area contributed by atoms with Gasteiger partial charge in [0, 0.05) is 55.3 Å². The van der Waals surface area contributed by atoms with E-state index in [9.17, 15) is 10.5 Å². The summed E-state index contributed by atoms with van der Waals surface area (Å²) >= 11 is 0. The van der Waals surface area contributed by atoms with Gasteiger partial charge in [-0.3, -0.25) is 0 Å². The summed E-state index contributed by atoms with van der Waals surface area (Å²) in [7, 11) is 0. The van der Waals surface area contributed by atoms with Crippen molar-refractivity contribution in [1.82, 2.24) is 24.5 Å². The molecular formula is C67H36F3N9. The second kappa shape index (κ2) is 20.1. The molecule has 3 aromatic heterocycles. The van der Waals surface area contributed by atoms with Crippen LogP contribution in [-0.4, -0.2) is 24.5 Å². The Kier molecular flexibility index (Phi) is 12.4. The van der Waals surface area contributed by atoms with Crippen LogP contribution >= 0.6 is 0 Å². The Morgan fingerprint density at radius 1 is 0.418 bits per heavy atom. The van der Waals surface area contributed by atoms with Crippen molar-refractivity contribution in [3.8, 4) is 108 Å². The molecule has 0 aliphatic carbocycles. The van der Waals surface area contributed by atoms with Gasteiger partial charge >= 0.3 is 6.18 Å². The molecule has 0 aliphatic heterocycles. The molecule has 0 unspecified atom stereocenters. The highest BCUT2D eigenvalue weighted by Crippen LogP contribution is 2.47. The van der Waals surface area contributed by atoms with E-state index >= 15 is 13.2 Å². The largest absolute Gasteiger partial charge is 0.416 e. The first-order chi connectivity index (χ1) is 38.6. The number of aromatic nitrogens is 5. The molecule has 0 radical (unpaired) electrons. The van der Waals surface area contributed by atoms with Crippen LogP contribution < -0.4 is 0 Å². The van der Waals surface area contributed by atoms with Gasteiger partial charge in [-0.1, -0.05) is 164 Å². The highest BCUT2D eigenvalue weighted by atomic mass is 19.4. The molecule has 9 aromatic carbocycles. The van der Waals surface area contributed by atoms with Gasteiger partial charge in [0.05, 0.1) is 70.3 Å². The lowest BCUT2D eigenvalue weighted by Crippen LogP contribution is -2.11. The number of alkyl halides is 3. The summed E-state index contributed by atoms with van der Waals surface area (Å²) in [6.45, 7) is 15.9. The molecule has 0 amide bonds. The third kappa shape index (κ3) is 9.15.